The summed E-state index contributed by atoms with van der Waals surface area (Å²) in [6.45, 7) is 7.91. The van der Waals surface area contributed by atoms with E-state index in [1.165, 1.54) is 49.8 Å². The molecule has 1 heteroatoms. The van der Waals surface area contributed by atoms with Crippen molar-refractivity contribution in [1.82, 2.24) is 5.32 Å². The van der Waals surface area contributed by atoms with Gasteiger partial charge in [-0.2, -0.15) is 0 Å². The molecule has 1 nitrogen and oxygen atoms in total. The highest BCUT2D eigenvalue weighted by Gasteiger charge is 2.47. The quantitative estimate of drug-likeness (QED) is 0.815. The highest BCUT2D eigenvalue weighted by Crippen LogP contribution is 2.55. The molecular weight excluding hydrogens is 242 g/mol. The molecule has 3 rings (SSSR count). The summed E-state index contributed by atoms with van der Waals surface area (Å²) >= 11 is 0. The van der Waals surface area contributed by atoms with Gasteiger partial charge in [-0.25, -0.2) is 0 Å². The number of aryl methyl sites for hydroxylation is 2. The average Bonchev–Trinajstić information content (AvgIpc) is 3.05. The lowest BCUT2D eigenvalue weighted by molar-refractivity contribution is 0.332. The summed E-state index contributed by atoms with van der Waals surface area (Å²) in [5.74, 6) is 3.10. The Labute approximate surface area is 124 Å². The first-order valence-corrected chi connectivity index (χ1v) is 8.47. The normalized spacial score (nSPS) is 29.2. The molecule has 2 aliphatic carbocycles. The summed E-state index contributed by atoms with van der Waals surface area (Å²) in [6, 6.07) is 7.61. The fourth-order valence-electron chi connectivity index (χ4n) is 4.08. The zero-order valence-corrected chi connectivity index (χ0v) is 13.3. The zero-order valence-electron chi connectivity index (χ0n) is 13.3. The molecule has 1 aromatic carbocycles. The van der Waals surface area contributed by atoms with E-state index in [0.717, 1.165) is 17.8 Å². The molecule has 0 spiro atoms. The van der Waals surface area contributed by atoms with Crippen LogP contribution < -0.4 is 5.32 Å². The molecule has 0 radical (unpaired) electrons. The van der Waals surface area contributed by atoms with Gasteiger partial charge < -0.3 is 5.32 Å². The van der Waals surface area contributed by atoms with E-state index in [1.807, 2.05) is 0 Å². The third-order valence-corrected chi connectivity index (χ3v) is 5.45. The van der Waals surface area contributed by atoms with Crippen LogP contribution in [0.4, 0.5) is 0 Å². The molecule has 2 fully saturated rings. The lowest BCUT2D eigenvalue weighted by Crippen LogP contribution is -2.38. The number of fused-ring (bicyclic) bond motifs is 1. The molecule has 0 saturated heterocycles. The molecule has 3 atom stereocenters. The fourth-order valence-corrected chi connectivity index (χ4v) is 4.08. The van der Waals surface area contributed by atoms with E-state index in [9.17, 15) is 0 Å². The topological polar surface area (TPSA) is 12.0 Å². The Balaban J connectivity index is 1.69. The minimum atomic E-state index is 0.697. The van der Waals surface area contributed by atoms with Crippen molar-refractivity contribution in [2.45, 2.75) is 58.9 Å². The van der Waals surface area contributed by atoms with Gasteiger partial charge in [0.15, 0.2) is 0 Å². The van der Waals surface area contributed by atoms with Crippen LogP contribution in [-0.4, -0.2) is 12.6 Å². The first-order valence-electron chi connectivity index (χ1n) is 8.47. The van der Waals surface area contributed by atoms with E-state index in [1.54, 1.807) is 5.56 Å². The highest BCUT2D eigenvalue weighted by atomic mass is 14.9. The van der Waals surface area contributed by atoms with Gasteiger partial charge in [-0.1, -0.05) is 30.7 Å². The second kappa shape index (κ2) is 5.89. The van der Waals surface area contributed by atoms with Crippen molar-refractivity contribution in [2.75, 3.05) is 6.54 Å². The van der Waals surface area contributed by atoms with E-state index in [-0.39, 0.29) is 0 Å². The van der Waals surface area contributed by atoms with Crippen LogP contribution in [0.1, 0.15) is 49.3 Å². The SMILES string of the molecule is CCCNC(Cc1cc(C)ccc1C)C1CC2CC2C1. The molecule has 0 amide bonds. The maximum absolute atomic E-state index is 3.85. The van der Waals surface area contributed by atoms with Crippen molar-refractivity contribution in [1.29, 1.82) is 0 Å². The van der Waals surface area contributed by atoms with Gasteiger partial charge in [0.05, 0.1) is 0 Å². The summed E-state index contributed by atoms with van der Waals surface area (Å²) in [7, 11) is 0. The smallest absolute Gasteiger partial charge is 0.0136 e. The predicted octanol–water partition coefficient (Wildman–Crippen LogP) is 4.26. The monoisotopic (exact) mass is 271 g/mol. The maximum atomic E-state index is 3.85. The molecule has 110 valence electrons. The molecule has 1 aromatic rings. The van der Waals surface area contributed by atoms with Crippen molar-refractivity contribution in [2.24, 2.45) is 17.8 Å². The van der Waals surface area contributed by atoms with Gasteiger partial charge in [-0.05, 0) is 81.4 Å². The third kappa shape index (κ3) is 3.09. The number of hydrogen-bond donors (Lipinski definition) is 1. The lowest BCUT2D eigenvalue weighted by Gasteiger charge is -2.27. The Hall–Kier alpha value is -0.820. The molecule has 2 aliphatic rings. The van der Waals surface area contributed by atoms with Gasteiger partial charge in [0.25, 0.3) is 0 Å². The standard InChI is InChI=1S/C19H29N/c1-4-7-20-19(18-10-16-9-17(16)11-18)12-15-8-13(2)5-6-14(15)3/h5-6,8,16-20H,4,7,9-12H2,1-3H3. The summed E-state index contributed by atoms with van der Waals surface area (Å²) in [4.78, 5) is 0. The van der Waals surface area contributed by atoms with Crippen molar-refractivity contribution >= 4 is 0 Å². The van der Waals surface area contributed by atoms with Gasteiger partial charge >= 0.3 is 0 Å². The van der Waals surface area contributed by atoms with Crippen LogP contribution in [0.2, 0.25) is 0 Å². The maximum Gasteiger partial charge on any atom is 0.0136 e. The van der Waals surface area contributed by atoms with Crippen molar-refractivity contribution < 1.29 is 0 Å². The predicted molar refractivity (Wildman–Crippen MR) is 86.0 cm³/mol. The molecule has 20 heavy (non-hydrogen) atoms. The van der Waals surface area contributed by atoms with Gasteiger partial charge in [0.1, 0.15) is 0 Å². The second-order valence-corrected chi connectivity index (χ2v) is 7.18. The van der Waals surface area contributed by atoms with E-state index >= 15 is 0 Å². The van der Waals surface area contributed by atoms with Crippen LogP contribution in [0.3, 0.4) is 0 Å². The third-order valence-electron chi connectivity index (χ3n) is 5.45. The minimum absolute atomic E-state index is 0.697. The van der Waals surface area contributed by atoms with E-state index in [2.05, 4.69) is 44.3 Å². The van der Waals surface area contributed by atoms with Crippen LogP contribution in [-0.2, 0) is 6.42 Å². The van der Waals surface area contributed by atoms with Crippen LogP contribution in [0.25, 0.3) is 0 Å². The van der Waals surface area contributed by atoms with Crippen LogP contribution >= 0.6 is 0 Å². The summed E-state index contributed by atoms with van der Waals surface area (Å²) < 4.78 is 0. The molecule has 2 saturated carbocycles. The van der Waals surface area contributed by atoms with Crippen LogP contribution in [0.5, 0.6) is 0 Å². The Kier molecular flexibility index (Phi) is 4.16. The molecule has 1 N–H and O–H groups in total. The van der Waals surface area contributed by atoms with E-state index in [0.29, 0.717) is 6.04 Å². The van der Waals surface area contributed by atoms with Crippen LogP contribution in [0.15, 0.2) is 18.2 Å². The first-order chi connectivity index (χ1) is 9.67. The highest BCUT2D eigenvalue weighted by molar-refractivity contribution is 5.31. The Morgan fingerprint density at radius 1 is 1.15 bits per heavy atom. The molecule has 0 aromatic heterocycles. The van der Waals surface area contributed by atoms with Gasteiger partial charge in [0.2, 0.25) is 0 Å². The summed E-state index contributed by atoms with van der Waals surface area (Å²) in [6.07, 6.45) is 6.95. The largest absolute Gasteiger partial charge is 0.313 e. The minimum Gasteiger partial charge on any atom is -0.313 e. The van der Waals surface area contributed by atoms with Crippen molar-refractivity contribution in [3.63, 3.8) is 0 Å². The number of rotatable bonds is 6. The first kappa shape index (κ1) is 14.1. The molecule has 0 heterocycles. The summed E-state index contributed by atoms with van der Waals surface area (Å²) in [5.41, 5.74) is 4.41. The average molecular weight is 271 g/mol. The molecular formula is C19H29N. The molecule has 0 bridgehead atoms. The number of hydrogen-bond acceptors (Lipinski definition) is 1. The number of nitrogens with one attached hydrogen (secondary N) is 1. The Morgan fingerprint density at radius 2 is 1.90 bits per heavy atom. The molecule has 3 unspecified atom stereocenters. The van der Waals surface area contributed by atoms with Crippen LogP contribution in [0, 0.1) is 31.6 Å². The lowest BCUT2D eigenvalue weighted by atomic mass is 9.88. The van der Waals surface area contributed by atoms with Gasteiger partial charge in [0, 0.05) is 6.04 Å². The Morgan fingerprint density at radius 3 is 2.60 bits per heavy atom. The van der Waals surface area contributed by atoms with Gasteiger partial charge in [-0.15, -0.1) is 0 Å². The van der Waals surface area contributed by atoms with E-state index < -0.39 is 0 Å². The second-order valence-electron chi connectivity index (χ2n) is 7.18. The molecule has 0 aliphatic heterocycles. The zero-order chi connectivity index (χ0) is 14.1. The Bertz CT molecular complexity index is 455. The summed E-state index contributed by atoms with van der Waals surface area (Å²) in [5, 5.41) is 3.85. The fraction of sp³-hybridized carbons (Fsp3) is 0.684. The van der Waals surface area contributed by atoms with Crippen molar-refractivity contribution in [3.8, 4) is 0 Å². The van der Waals surface area contributed by atoms with E-state index in [4.69, 9.17) is 0 Å². The van der Waals surface area contributed by atoms with Gasteiger partial charge in [-0.3, -0.25) is 0 Å². The number of benzene rings is 1. The van der Waals surface area contributed by atoms with Crippen molar-refractivity contribution in [3.05, 3.63) is 34.9 Å².